The second-order valence-corrected chi connectivity index (χ2v) is 5.24. The lowest BCUT2D eigenvalue weighted by Crippen LogP contribution is -2.25. The highest BCUT2D eigenvalue weighted by atomic mass is 16.7. The lowest BCUT2D eigenvalue weighted by Gasteiger charge is -2.24. The molecule has 1 aromatic carbocycles. The van der Waals surface area contributed by atoms with Gasteiger partial charge < -0.3 is 14.2 Å². The number of hydrogen-bond acceptors (Lipinski definition) is 3. The fourth-order valence-corrected chi connectivity index (χ4v) is 2.11. The lowest BCUT2D eigenvalue weighted by atomic mass is 10.2. The van der Waals surface area contributed by atoms with Gasteiger partial charge in [0.1, 0.15) is 0 Å². The SMILES string of the molecule is C[C@@H](COCc1ccccc1)CO[C@H]1CCCCO1. The summed E-state index contributed by atoms with van der Waals surface area (Å²) in [6.45, 7) is 5.09. The summed E-state index contributed by atoms with van der Waals surface area (Å²) in [5, 5.41) is 0. The molecule has 0 unspecified atom stereocenters. The van der Waals surface area contributed by atoms with Crippen molar-refractivity contribution in [3.63, 3.8) is 0 Å². The third kappa shape index (κ3) is 5.72. The fraction of sp³-hybridized carbons (Fsp3) is 0.625. The molecule has 0 bridgehead atoms. The van der Waals surface area contributed by atoms with E-state index in [4.69, 9.17) is 14.2 Å². The molecule has 0 N–H and O–H groups in total. The normalized spacial score (nSPS) is 21.2. The molecule has 1 saturated heterocycles. The van der Waals surface area contributed by atoms with Gasteiger partial charge in [-0.15, -0.1) is 0 Å². The van der Waals surface area contributed by atoms with Crippen LogP contribution in [0, 0.1) is 5.92 Å². The Morgan fingerprint density at radius 3 is 2.79 bits per heavy atom. The zero-order valence-corrected chi connectivity index (χ0v) is 11.7. The van der Waals surface area contributed by atoms with Crippen LogP contribution in [0.1, 0.15) is 31.7 Å². The van der Waals surface area contributed by atoms with Gasteiger partial charge in [-0.3, -0.25) is 0 Å². The van der Waals surface area contributed by atoms with Crippen LogP contribution in [0.5, 0.6) is 0 Å². The van der Waals surface area contributed by atoms with Gasteiger partial charge in [-0.1, -0.05) is 37.3 Å². The Labute approximate surface area is 115 Å². The van der Waals surface area contributed by atoms with Crippen molar-refractivity contribution >= 4 is 0 Å². The molecule has 0 amide bonds. The first-order valence-corrected chi connectivity index (χ1v) is 7.19. The zero-order chi connectivity index (χ0) is 13.3. The Morgan fingerprint density at radius 1 is 1.21 bits per heavy atom. The van der Waals surface area contributed by atoms with Crippen molar-refractivity contribution in [2.75, 3.05) is 19.8 Å². The molecular formula is C16H24O3. The first-order chi connectivity index (χ1) is 9.34. The Morgan fingerprint density at radius 2 is 2.05 bits per heavy atom. The van der Waals surface area contributed by atoms with Crippen LogP contribution in [0.25, 0.3) is 0 Å². The smallest absolute Gasteiger partial charge is 0.157 e. The first-order valence-electron chi connectivity index (χ1n) is 7.19. The molecule has 0 radical (unpaired) electrons. The molecular weight excluding hydrogens is 240 g/mol. The van der Waals surface area contributed by atoms with E-state index in [1.807, 2.05) is 18.2 Å². The van der Waals surface area contributed by atoms with E-state index in [0.29, 0.717) is 19.1 Å². The summed E-state index contributed by atoms with van der Waals surface area (Å²) >= 11 is 0. The second kappa shape index (κ2) is 8.31. The summed E-state index contributed by atoms with van der Waals surface area (Å²) in [5.41, 5.74) is 1.21. The van der Waals surface area contributed by atoms with E-state index in [1.54, 1.807) is 0 Å². The van der Waals surface area contributed by atoms with Gasteiger partial charge in [-0.2, -0.15) is 0 Å². The largest absolute Gasteiger partial charge is 0.376 e. The van der Waals surface area contributed by atoms with Gasteiger partial charge in [-0.05, 0) is 24.8 Å². The van der Waals surface area contributed by atoms with Crippen LogP contribution in [-0.4, -0.2) is 26.1 Å². The number of hydrogen-bond donors (Lipinski definition) is 0. The molecule has 1 aliphatic rings. The molecule has 2 atom stereocenters. The molecule has 0 spiro atoms. The highest BCUT2D eigenvalue weighted by Gasteiger charge is 2.15. The van der Waals surface area contributed by atoms with Crippen LogP contribution in [0.15, 0.2) is 30.3 Å². The van der Waals surface area contributed by atoms with E-state index in [-0.39, 0.29) is 6.29 Å². The van der Waals surface area contributed by atoms with Crippen molar-refractivity contribution in [2.45, 2.75) is 39.1 Å². The minimum absolute atomic E-state index is 0.00493. The standard InChI is InChI=1S/C16H24O3/c1-14(12-19-16-9-5-6-10-18-16)11-17-13-15-7-3-2-4-8-15/h2-4,7-8,14,16H,5-6,9-13H2,1H3/t14-,16-/m0/s1. The zero-order valence-electron chi connectivity index (χ0n) is 11.7. The number of benzene rings is 1. The predicted octanol–water partition coefficient (Wildman–Crippen LogP) is 3.38. The second-order valence-electron chi connectivity index (χ2n) is 5.24. The fourth-order valence-electron chi connectivity index (χ4n) is 2.11. The molecule has 3 heteroatoms. The lowest BCUT2D eigenvalue weighted by molar-refractivity contribution is -0.170. The molecule has 0 aliphatic carbocycles. The molecule has 3 nitrogen and oxygen atoms in total. The van der Waals surface area contributed by atoms with Gasteiger partial charge in [0.25, 0.3) is 0 Å². The van der Waals surface area contributed by atoms with Crippen LogP contribution in [0.2, 0.25) is 0 Å². The van der Waals surface area contributed by atoms with Gasteiger partial charge in [-0.25, -0.2) is 0 Å². The van der Waals surface area contributed by atoms with E-state index in [9.17, 15) is 0 Å². The average molecular weight is 264 g/mol. The summed E-state index contributed by atoms with van der Waals surface area (Å²) in [7, 11) is 0. The molecule has 106 valence electrons. The highest BCUT2D eigenvalue weighted by molar-refractivity contribution is 5.13. The molecule has 2 rings (SSSR count). The minimum atomic E-state index is 0.00493. The maximum Gasteiger partial charge on any atom is 0.157 e. The third-order valence-electron chi connectivity index (χ3n) is 3.22. The van der Waals surface area contributed by atoms with Crippen LogP contribution in [0.3, 0.4) is 0 Å². The average Bonchev–Trinajstić information content (AvgIpc) is 2.47. The summed E-state index contributed by atoms with van der Waals surface area (Å²) < 4.78 is 17.0. The van der Waals surface area contributed by atoms with Crippen LogP contribution >= 0.6 is 0 Å². The van der Waals surface area contributed by atoms with Crippen molar-refractivity contribution < 1.29 is 14.2 Å². The number of rotatable bonds is 7. The maximum absolute atomic E-state index is 5.75. The van der Waals surface area contributed by atoms with Crippen LogP contribution < -0.4 is 0 Å². The van der Waals surface area contributed by atoms with Crippen molar-refractivity contribution in [1.82, 2.24) is 0 Å². The Hall–Kier alpha value is -0.900. The minimum Gasteiger partial charge on any atom is -0.376 e. The summed E-state index contributed by atoms with van der Waals surface area (Å²) in [4.78, 5) is 0. The van der Waals surface area contributed by atoms with E-state index in [1.165, 1.54) is 12.0 Å². The maximum atomic E-state index is 5.75. The van der Waals surface area contributed by atoms with E-state index < -0.39 is 0 Å². The number of ether oxygens (including phenoxy) is 3. The molecule has 0 saturated carbocycles. The molecule has 0 aromatic heterocycles. The van der Waals surface area contributed by atoms with Gasteiger partial charge >= 0.3 is 0 Å². The Bertz CT molecular complexity index is 333. The topological polar surface area (TPSA) is 27.7 Å². The first kappa shape index (κ1) is 14.5. The van der Waals surface area contributed by atoms with Crippen molar-refractivity contribution in [2.24, 2.45) is 5.92 Å². The van der Waals surface area contributed by atoms with Crippen molar-refractivity contribution in [3.05, 3.63) is 35.9 Å². The van der Waals surface area contributed by atoms with E-state index >= 15 is 0 Å². The quantitative estimate of drug-likeness (QED) is 0.755. The van der Waals surface area contributed by atoms with Gasteiger partial charge in [0.2, 0.25) is 0 Å². The van der Waals surface area contributed by atoms with E-state index in [0.717, 1.165) is 26.1 Å². The van der Waals surface area contributed by atoms with Crippen LogP contribution in [0.4, 0.5) is 0 Å². The molecule has 1 heterocycles. The summed E-state index contributed by atoms with van der Waals surface area (Å²) in [5.74, 6) is 0.397. The van der Waals surface area contributed by atoms with Gasteiger partial charge in [0.15, 0.2) is 6.29 Å². The van der Waals surface area contributed by atoms with Gasteiger partial charge in [0, 0.05) is 12.5 Å². The molecule has 1 fully saturated rings. The third-order valence-corrected chi connectivity index (χ3v) is 3.22. The molecule has 19 heavy (non-hydrogen) atoms. The van der Waals surface area contributed by atoms with Crippen molar-refractivity contribution in [1.29, 1.82) is 0 Å². The summed E-state index contributed by atoms with van der Waals surface area (Å²) in [6.07, 6.45) is 3.40. The Balaban J connectivity index is 1.55. The van der Waals surface area contributed by atoms with Crippen LogP contribution in [-0.2, 0) is 20.8 Å². The predicted molar refractivity (Wildman–Crippen MR) is 74.8 cm³/mol. The van der Waals surface area contributed by atoms with E-state index in [2.05, 4.69) is 19.1 Å². The monoisotopic (exact) mass is 264 g/mol. The van der Waals surface area contributed by atoms with Crippen molar-refractivity contribution in [3.8, 4) is 0 Å². The molecule has 1 aromatic rings. The van der Waals surface area contributed by atoms with Gasteiger partial charge in [0.05, 0.1) is 19.8 Å². The Kier molecular flexibility index (Phi) is 6.34. The highest BCUT2D eigenvalue weighted by Crippen LogP contribution is 2.14. The summed E-state index contributed by atoms with van der Waals surface area (Å²) in [6, 6.07) is 10.2. The molecule has 1 aliphatic heterocycles.